The number of nitrogens with one attached hydrogen (secondary N) is 1. The molecule has 2 fully saturated rings. The molecule has 2 nitrogen and oxygen atoms in total. The fourth-order valence-electron chi connectivity index (χ4n) is 2.14. The molecule has 0 aromatic carbocycles. The second-order valence-corrected chi connectivity index (χ2v) is 4.81. The van der Waals surface area contributed by atoms with Crippen LogP contribution in [0.2, 0.25) is 0 Å². The van der Waals surface area contributed by atoms with Crippen LogP contribution in [0.15, 0.2) is 0 Å². The van der Waals surface area contributed by atoms with E-state index in [1.807, 2.05) is 0 Å². The smallest absolute Gasteiger partial charge is 0.0494 e. The van der Waals surface area contributed by atoms with Gasteiger partial charge >= 0.3 is 0 Å². The van der Waals surface area contributed by atoms with Crippen LogP contribution in [0.25, 0.3) is 0 Å². The van der Waals surface area contributed by atoms with Crippen LogP contribution in [0.3, 0.4) is 0 Å². The Hall–Kier alpha value is -0.0800. The van der Waals surface area contributed by atoms with E-state index < -0.39 is 0 Å². The predicted molar refractivity (Wildman–Crippen MR) is 58.4 cm³/mol. The van der Waals surface area contributed by atoms with E-state index in [0.29, 0.717) is 0 Å². The Bertz CT molecular complexity index is 150. The largest absolute Gasteiger partial charge is 0.381 e. The number of hydrogen-bond acceptors (Lipinski definition) is 2. The average molecular weight is 197 g/mol. The molecule has 0 atom stereocenters. The molecule has 0 heterocycles. The van der Waals surface area contributed by atoms with Crippen LogP contribution in [0, 0.1) is 5.92 Å². The third-order valence-electron chi connectivity index (χ3n) is 3.30. The minimum absolute atomic E-state index is 0.818. The Morgan fingerprint density at radius 2 is 1.86 bits per heavy atom. The Morgan fingerprint density at radius 3 is 2.57 bits per heavy atom. The molecule has 0 aliphatic heterocycles. The fraction of sp³-hybridized carbons (Fsp3) is 1.00. The van der Waals surface area contributed by atoms with E-state index in [1.165, 1.54) is 44.9 Å². The monoisotopic (exact) mass is 197 g/mol. The molecule has 1 N–H and O–H groups in total. The number of hydrogen-bond donors (Lipinski definition) is 1. The van der Waals surface area contributed by atoms with Gasteiger partial charge in [0.1, 0.15) is 0 Å². The second-order valence-electron chi connectivity index (χ2n) is 4.81. The summed E-state index contributed by atoms with van der Waals surface area (Å²) in [5.41, 5.74) is 0. The van der Waals surface area contributed by atoms with Gasteiger partial charge in [-0.2, -0.15) is 0 Å². The lowest BCUT2D eigenvalue weighted by Gasteiger charge is -2.11. The third kappa shape index (κ3) is 3.97. The van der Waals surface area contributed by atoms with E-state index in [9.17, 15) is 0 Å². The maximum absolute atomic E-state index is 5.58. The molecule has 0 aromatic heterocycles. The summed E-state index contributed by atoms with van der Waals surface area (Å²) in [5.74, 6) is 0.915. The molecule has 0 aromatic rings. The Balaban J connectivity index is 1.35. The van der Waals surface area contributed by atoms with Crippen molar-refractivity contribution in [2.45, 2.75) is 51.0 Å². The average Bonchev–Trinajstić information content (AvgIpc) is 2.87. The van der Waals surface area contributed by atoms with Gasteiger partial charge in [-0.25, -0.2) is 0 Å². The van der Waals surface area contributed by atoms with Crippen LogP contribution in [-0.2, 0) is 4.74 Å². The van der Waals surface area contributed by atoms with E-state index in [4.69, 9.17) is 4.74 Å². The highest BCUT2D eigenvalue weighted by molar-refractivity contribution is 4.73. The number of ether oxygens (including phenoxy) is 1. The lowest BCUT2D eigenvalue weighted by Crippen LogP contribution is -2.27. The second kappa shape index (κ2) is 5.72. The summed E-state index contributed by atoms with van der Waals surface area (Å²) in [6.45, 7) is 3.12. The first kappa shape index (κ1) is 10.4. The van der Waals surface area contributed by atoms with Crippen molar-refractivity contribution < 1.29 is 4.74 Å². The molecular weight excluding hydrogens is 174 g/mol. The third-order valence-corrected chi connectivity index (χ3v) is 3.30. The standard InChI is InChI=1S/C12H23NO/c1-2-5-12(4-1)13-8-3-9-14-10-11-6-7-11/h11-13H,1-10H2. The summed E-state index contributed by atoms with van der Waals surface area (Å²) >= 11 is 0. The van der Waals surface area contributed by atoms with Crippen LogP contribution in [-0.4, -0.2) is 25.8 Å². The summed E-state index contributed by atoms with van der Waals surface area (Å²) in [6.07, 6.45) is 9.63. The highest BCUT2D eigenvalue weighted by Gasteiger charge is 2.20. The zero-order valence-corrected chi connectivity index (χ0v) is 9.13. The molecular formula is C12H23NO. The zero-order valence-electron chi connectivity index (χ0n) is 9.13. The van der Waals surface area contributed by atoms with E-state index in [1.54, 1.807) is 0 Å². The first-order valence-corrected chi connectivity index (χ1v) is 6.26. The van der Waals surface area contributed by atoms with Crippen LogP contribution in [0.5, 0.6) is 0 Å². The minimum Gasteiger partial charge on any atom is -0.381 e. The molecule has 0 unspecified atom stereocenters. The minimum atomic E-state index is 0.818. The van der Waals surface area contributed by atoms with Gasteiger partial charge in [0.15, 0.2) is 0 Å². The van der Waals surface area contributed by atoms with Crippen molar-refractivity contribution in [1.82, 2.24) is 5.32 Å². The van der Waals surface area contributed by atoms with Crippen molar-refractivity contribution in [2.24, 2.45) is 5.92 Å². The predicted octanol–water partition coefficient (Wildman–Crippen LogP) is 2.34. The van der Waals surface area contributed by atoms with E-state index in [0.717, 1.165) is 31.7 Å². The van der Waals surface area contributed by atoms with Gasteiger partial charge in [0.2, 0.25) is 0 Å². The molecule has 2 aliphatic carbocycles. The maximum Gasteiger partial charge on any atom is 0.0494 e. The highest BCUT2D eigenvalue weighted by Crippen LogP contribution is 2.28. The maximum atomic E-state index is 5.58. The molecule has 0 saturated heterocycles. The topological polar surface area (TPSA) is 21.3 Å². The van der Waals surface area contributed by atoms with Gasteiger partial charge in [0.05, 0.1) is 0 Å². The van der Waals surface area contributed by atoms with Crippen molar-refractivity contribution in [3.63, 3.8) is 0 Å². The summed E-state index contributed by atoms with van der Waals surface area (Å²) in [6, 6.07) is 0.818. The Kier molecular flexibility index (Phi) is 4.26. The number of rotatable bonds is 7. The van der Waals surface area contributed by atoms with Crippen LogP contribution in [0.1, 0.15) is 44.9 Å². The van der Waals surface area contributed by atoms with Gasteiger partial charge in [-0.05, 0) is 44.6 Å². The summed E-state index contributed by atoms with van der Waals surface area (Å²) in [7, 11) is 0. The normalized spacial score (nSPS) is 23.1. The summed E-state index contributed by atoms with van der Waals surface area (Å²) < 4.78 is 5.58. The first-order chi connectivity index (χ1) is 6.95. The van der Waals surface area contributed by atoms with E-state index >= 15 is 0 Å². The lowest BCUT2D eigenvalue weighted by molar-refractivity contribution is 0.121. The Morgan fingerprint density at radius 1 is 1.07 bits per heavy atom. The van der Waals surface area contributed by atoms with Gasteiger partial charge in [-0.15, -0.1) is 0 Å². The molecule has 2 aliphatic rings. The molecule has 2 heteroatoms. The van der Waals surface area contributed by atoms with Crippen LogP contribution >= 0.6 is 0 Å². The first-order valence-electron chi connectivity index (χ1n) is 6.26. The van der Waals surface area contributed by atoms with Crippen LogP contribution in [0.4, 0.5) is 0 Å². The van der Waals surface area contributed by atoms with Gasteiger partial charge < -0.3 is 10.1 Å². The lowest BCUT2D eigenvalue weighted by atomic mass is 10.2. The molecule has 0 spiro atoms. The molecule has 14 heavy (non-hydrogen) atoms. The van der Waals surface area contributed by atoms with E-state index in [2.05, 4.69) is 5.32 Å². The molecule has 2 rings (SSSR count). The molecule has 82 valence electrons. The van der Waals surface area contributed by atoms with Gasteiger partial charge in [0.25, 0.3) is 0 Å². The van der Waals surface area contributed by atoms with Crippen molar-refractivity contribution in [3.05, 3.63) is 0 Å². The molecule has 0 radical (unpaired) electrons. The van der Waals surface area contributed by atoms with Crippen molar-refractivity contribution in [1.29, 1.82) is 0 Å². The SMILES string of the molecule is C(CNC1CCCC1)COCC1CC1. The van der Waals surface area contributed by atoms with Crippen molar-refractivity contribution in [2.75, 3.05) is 19.8 Å². The van der Waals surface area contributed by atoms with Crippen molar-refractivity contribution in [3.8, 4) is 0 Å². The zero-order chi connectivity index (χ0) is 9.64. The van der Waals surface area contributed by atoms with Crippen LogP contribution < -0.4 is 5.32 Å². The summed E-state index contributed by atoms with van der Waals surface area (Å²) in [4.78, 5) is 0. The Labute approximate surface area is 87.4 Å². The van der Waals surface area contributed by atoms with Gasteiger partial charge in [-0.1, -0.05) is 12.8 Å². The highest BCUT2D eigenvalue weighted by atomic mass is 16.5. The van der Waals surface area contributed by atoms with Gasteiger partial charge in [-0.3, -0.25) is 0 Å². The fourth-order valence-corrected chi connectivity index (χ4v) is 2.14. The molecule has 0 amide bonds. The van der Waals surface area contributed by atoms with E-state index in [-0.39, 0.29) is 0 Å². The van der Waals surface area contributed by atoms with Crippen molar-refractivity contribution >= 4 is 0 Å². The summed E-state index contributed by atoms with van der Waals surface area (Å²) in [5, 5.41) is 3.61. The van der Waals surface area contributed by atoms with Gasteiger partial charge in [0, 0.05) is 19.3 Å². The molecule has 2 saturated carbocycles. The molecule has 0 bridgehead atoms. The quantitative estimate of drug-likeness (QED) is 0.632.